The van der Waals surface area contributed by atoms with E-state index in [1.54, 1.807) is 5.01 Å². The molecule has 2 aromatic rings. The summed E-state index contributed by atoms with van der Waals surface area (Å²) < 4.78 is 37.9. The SMILES string of the molecule is FC(F)(F)c1ccc(N2C=C3c4ccccc4C=CN3N2)cc1. The molecule has 23 heavy (non-hydrogen) atoms. The van der Waals surface area contributed by atoms with Gasteiger partial charge in [0.15, 0.2) is 0 Å². The van der Waals surface area contributed by atoms with Crippen LogP contribution >= 0.6 is 0 Å². The molecule has 1 N–H and O–H groups in total. The number of fused-ring (bicyclic) bond motifs is 3. The molecule has 116 valence electrons. The van der Waals surface area contributed by atoms with E-state index < -0.39 is 11.7 Å². The Morgan fingerprint density at radius 3 is 2.35 bits per heavy atom. The van der Waals surface area contributed by atoms with E-state index in [0.717, 1.165) is 29.0 Å². The molecule has 0 bridgehead atoms. The average Bonchev–Trinajstić information content (AvgIpc) is 2.99. The number of anilines is 1. The lowest BCUT2D eigenvalue weighted by Gasteiger charge is -2.24. The quantitative estimate of drug-likeness (QED) is 0.849. The first kappa shape index (κ1) is 13.9. The van der Waals surface area contributed by atoms with E-state index in [1.165, 1.54) is 12.1 Å². The number of hydrogen-bond donors (Lipinski definition) is 1. The molecular weight excluding hydrogens is 303 g/mol. The van der Waals surface area contributed by atoms with Crippen LogP contribution in [0.2, 0.25) is 0 Å². The molecular formula is C17H12F3N3. The molecule has 2 aliphatic heterocycles. The van der Waals surface area contributed by atoms with Gasteiger partial charge in [-0.25, -0.2) is 0 Å². The predicted octanol–water partition coefficient (Wildman–Crippen LogP) is 4.23. The van der Waals surface area contributed by atoms with Gasteiger partial charge in [-0.05, 0) is 35.9 Å². The summed E-state index contributed by atoms with van der Waals surface area (Å²) in [6.45, 7) is 0. The Balaban J connectivity index is 1.66. The van der Waals surface area contributed by atoms with Gasteiger partial charge in [-0.3, -0.25) is 10.0 Å². The first-order valence-corrected chi connectivity index (χ1v) is 7.04. The summed E-state index contributed by atoms with van der Waals surface area (Å²) in [4.78, 5) is 0. The summed E-state index contributed by atoms with van der Waals surface area (Å²) in [6.07, 6.45) is 1.41. The molecule has 0 aromatic heterocycles. The molecule has 2 aromatic carbocycles. The molecule has 0 radical (unpaired) electrons. The topological polar surface area (TPSA) is 18.5 Å². The van der Waals surface area contributed by atoms with Crippen molar-refractivity contribution in [3.05, 3.63) is 77.6 Å². The van der Waals surface area contributed by atoms with Gasteiger partial charge in [0.2, 0.25) is 0 Å². The summed E-state index contributed by atoms with van der Waals surface area (Å²) in [5.41, 5.74) is 6.20. The zero-order chi connectivity index (χ0) is 16.0. The van der Waals surface area contributed by atoms with E-state index in [4.69, 9.17) is 0 Å². The lowest BCUT2D eigenvalue weighted by atomic mass is 10.0. The van der Waals surface area contributed by atoms with Gasteiger partial charge in [0.1, 0.15) is 0 Å². The van der Waals surface area contributed by atoms with Gasteiger partial charge >= 0.3 is 6.18 Å². The maximum absolute atomic E-state index is 12.6. The number of rotatable bonds is 1. The minimum absolute atomic E-state index is 0.630. The first-order valence-electron chi connectivity index (χ1n) is 7.04. The van der Waals surface area contributed by atoms with Crippen molar-refractivity contribution < 1.29 is 13.2 Å². The molecule has 2 aliphatic rings. The largest absolute Gasteiger partial charge is 0.416 e. The summed E-state index contributed by atoms with van der Waals surface area (Å²) >= 11 is 0. The Morgan fingerprint density at radius 2 is 1.61 bits per heavy atom. The smallest absolute Gasteiger partial charge is 0.264 e. The van der Waals surface area contributed by atoms with Gasteiger partial charge in [0.05, 0.1) is 16.9 Å². The van der Waals surface area contributed by atoms with Gasteiger partial charge in [-0.15, -0.1) is 5.53 Å². The average molecular weight is 315 g/mol. The van der Waals surface area contributed by atoms with Gasteiger partial charge in [0, 0.05) is 18.0 Å². The Morgan fingerprint density at radius 1 is 0.870 bits per heavy atom. The minimum Gasteiger partial charge on any atom is -0.264 e. The normalized spacial score (nSPS) is 16.2. The molecule has 0 atom stereocenters. The van der Waals surface area contributed by atoms with Gasteiger partial charge < -0.3 is 0 Å². The molecule has 0 aliphatic carbocycles. The maximum atomic E-state index is 12.6. The standard InChI is InChI=1S/C17H12F3N3/c18-17(19,20)13-5-7-14(8-6-13)23-11-16-15-4-2-1-3-12(15)9-10-22(16)21-23/h1-11,21H. The van der Waals surface area contributed by atoms with Crippen molar-refractivity contribution in [1.29, 1.82) is 0 Å². The van der Waals surface area contributed by atoms with Crippen LogP contribution in [-0.2, 0) is 6.18 Å². The van der Waals surface area contributed by atoms with E-state index in [1.807, 2.05) is 47.8 Å². The zero-order valence-corrected chi connectivity index (χ0v) is 11.9. The number of nitrogens with zero attached hydrogens (tertiary/aromatic N) is 2. The summed E-state index contributed by atoms with van der Waals surface area (Å²) in [6, 6.07) is 13.0. The fourth-order valence-electron chi connectivity index (χ4n) is 2.67. The van der Waals surface area contributed by atoms with E-state index in [2.05, 4.69) is 5.53 Å². The zero-order valence-electron chi connectivity index (χ0n) is 11.9. The highest BCUT2D eigenvalue weighted by molar-refractivity contribution is 5.80. The third-order valence-electron chi connectivity index (χ3n) is 3.84. The molecule has 0 saturated carbocycles. The van der Waals surface area contributed by atoms with Crippen LogP contribution < -0.4 is 10.5 Å². The highest BCUT2D eigenvalue weighted by Gasteiger charge is 2.31. The highest BCUT2D eigenvalue weighted by atomic mass is 19.4. The van der Waals surface area contributed by atoms with Crippen LogP contribution in [0.5, 0.6) is 0 Å². The number of nitrogens with one attached hydrogen (secondary N) is 1. The van der Waals surface area contributed by atoms with E-state index in [9.17, 15) is 13.2 Å². The van der Waals surface area contributed by atoms with Crippen LogP contribution in [0.15, 0.2) is 60.9 Å². The van der Waals surface area contributed by atoms with Crippen LogP contribution in [0.1, 0.15) is 16.7 Å². The van der Waals surface area contributed by atoms with Gasteiger partial charge in [-0.2, -0.15) is 13.2 Å². The Bertz CT molecular complexity index is 807. The van der Waals surface area contributed by atoms with Crippen molar-refractivity contribution >= 4 is 17.5 Å². The molecule has 0 saturated heterocycles. The summed E-state index contributed by atoms with van der Waals surface area (Å²) in [5, 5.41) is 3.53. The van der Waals surface area contributed by atoms with Crippen molar-refractivity contribution in [2.45, 2.75) is 6.18 Å². The number of hydrazine groups is 2. The lowest BCUT2D eigenvalue weighted by Crippen LogP contribution is -2.37. The minimum atomic E-state index is -4.32. The number of alkyl halides is 3. The van der Waals surface area contributed by atoms with Crippen LogP contribution in [-0.4, -0.2) is 5.01 Å². The van der Waals surface area contributed by atoms with E-state index in [-0.39, 0.29) is 0 Å². The Kier molecular flexibility index (Phi) is 2.96. The molecule has 0 amide bonds. The Labute approximate surface area is 130 Å². The molecule has 6 heteroatoms. The third kappa shape index (κ3) is 2.37. The first-order chi connectivity index (χ1) is 11.0. The van der Waals surface area contributed by atoms with Gasteiger partial charge in [0.25, 0.3) is 0 Å². The van der Waals surface area contributed by atoms with Crippen molar-refractivity contribution in [2.24, 2.45) is 0 Å². The monoisotopic (exact) mass is 315 g/mol. The second-order valence-corrected chi connectivity index (χ2v) is 5.30. The molecule has 3 nitrogen and oxygen atoms in total. The number of halogens is 3. The van der Waals surface area contributed by atoms with Gasteiger partial charge in [-0.1, -0.05) is 24.3 Å². The van der Waals surface area contributed by atoms with Crippen LogP contribution in [0.3, 0.4) is 0 Å². The van der Waals surface area contributed by atoms with E-state index >= 15 is 0 Å². The predicted molar refractivity (Wildman–Crippen MR) is 82.4 cm³/mol. The Hall–Kier alpha value is -2.73. The maximum Gasteiger partial charge on any atom is 0.416 e. The van der Waals surface area contributed by atoms with Crippen LogP contribution in [0, 0.1) is 0 Å². The fraction of sp³-hybridized carbons (Fsp3) is 0.0588. The fourth-order valence-corrected chi connectivity index (χ4v) is 2.67. The molecule has 0 fully saturated rings. The third-order valence-corrected chi connectivity index (χ3v) is 3.84. The molecule has 2 heterocycles. The summed E-state index contributed by atoms with van der Waals surface area (Å²) in [5.74, 6) is 0. The highest BCUT2D eigenvalue weighted by Crippen LogP contribution is 2.34. The summed E-state index contributed by atoms with van der Waals surface area (Å²) in [7, 11) is 0. The molecule has 0 spiro atoms. The van der Waals surface area contributed by atoms with Crippen molar-refractivity contribution in [2.75, 3.05) is 5.01 Å². The van der Waals surface area contributed by atoms with Crippen molar-refractivity contribution in [1.82, 2.24) is 10.5 Å². The number of benzene rings is 2. The van der Waals surface area contributed by atoms with Crippen LogP contribution in [0.25, 0.3) is 11.8 Å². The van der Waals surface area contributed by atoms with E-state index in [0.29, 0.717) is 5.69 Å². The lowest BCUT2D eigenvalue weighted by molar-refractivity contribution is -0.137. The van der Waals surface area contributed by atoms with Crippen LogP contribution in [0.4, 0.5) is 18.9 Å². The molecule has 0 unspecified atom stereocenters. The van der Waals surface area contributed by atoms with Crippen molar-refractivity contribution in [3.63, 3.8) is 0 Å². The van der Waals surface area contributed by atoms with Crippen molar-refractivity contribution in [3.8, 4) is 0 Å². The second-order valence-electron chi connectivity index (χ2n) is 5.30. The second kappa shape index (κ2) is 4.89. The number of hydrogen-bond acceptors (Lipinski definition) is 3. The molecule has 4 rings (SSSR count).